The van der Waals surface area contributed by atoms with Crippen LogP contribution in [-0.2, 0) is 12.1 Å². The van der Waals surface area contributed by atoms with Gasteiger partial charge in [-0.05, 0) is 43.5 Å². The average Bonchev–Trinajstić information content (AvgIpc) is 3.04. The maximum atomic E-state index is 13.0. The van der Waals surface area contributed by atoms with E-state index in [2.05, 4.69) is 21.9 Å². The van der Waals surface area contributed by atoms with Crippen molar-refractivity contribution in [3.63, 3.8) is 0 Å². The van der Waals surface area contributed by atoms with Crippen LogP contribution >= 0.6 is 0 Å². The van der Waals surface area contributed by atoms with Crippen molar-refractivity contribution >= 4 is 22.7 Å². The number of hydrogen-bond donors (Lipinski definition) is 2. The SMILES string of the molecule is C=CCn1c(=O)c2cnc(Nc3ccccc3)nc2n1-c1cccc(C2(O)CCC2)n1. The van der Waals surface area contributed by atoms with Crippen LogP contribution in [0.25, 0.3) is 16.9 Å². The maximum absolute atomic E-state index is 13.0. The smallest absolute Gasteiger partial charge is 0.278 e. The van der Waals surface area contributed by atoms with Gasteiger partial charge in [0.05, 0.1) is 12.2 Å². The predicted octanol–water partition coefficient (Wildman–Crippen LogP) is 3.28. The average molecular weight is 414 g/mol. The molecular formula is C23H22N6O2. The summed E-state index contributed by atoms with van der Waals surface area (Å²) in [6, 6.07) is 15.0. The number of hydrogen-bond acceptors (Lipinski definition) is 6. The lowest BCUT2D eigenvalue weighted by atomic mass is 9.77. The molecule has 0 atom stereocenters. The van der Waals surface area contributed by atoms with E-state index in [-0.39, 0.29) is 12.1 Å². The molecule has 8 heteroatoms. The second-order valence-electron chi connectivity index (χ2n) is 7.68. The molecule has 2 N–H and O–H groups in total. The van der Waals surface area contributed by atoms with Gasteiger partial charge in [0.15, 0.2) is 11.5 Å². The second kappa shape index (κ2) is 7.48. The van der Waals surface area contributed by atoms with Gasteiger partial charge in [-0.1, -0.05) is 30.3 Å². The molecule has 156 valence electrons. The highest BCUT2D eigenvalue weighted by Crippen LogP contribution is 2.40. The summed E-state index contributed by atoms with van der Waals surface area (Å²) in [5, 5.41) is 14.3. The molecule has 31 heavy (non-hydrogen) atoms. The van der Waals surface area contributed by atoms with Gasteiger partial charge in [0, 0.05) is 11.9 Å². The van der Waals surface area contributed by atoms with E-state index >= 15 is 0 Å². The van der Waals surface area contributed by atoms with Gasteiger partial charge in [0.1, 0.15) is 11.0 Å². The van der Waals surface area contributed by atoms with Crippen molar-refractivity contribution in [1.82, 2.24) is 24.3 Å². The van der Waals surface area contributed by atoms with Gasteiger partial charge in [-0.25, -0.2) is 19.3 Å². The van der Waals surface area contributed by atoms with Crippen LogP contribution in [0, 0.1) is 0 Å². The van der Waals surface area contributed by atoms with Gasteiger partial charge in [0.2, 0.25) is 5.95 Å². The summed E-state index contributed by atoms with van der Waals surface area (Å²) in [6.07, 6.45) is 5.51. The van der Waals surface area contributed by atoms with Crippen LogP contribution in [0.1, 0.15) is 25.0 Å². The quantitative estimate of drug-likeness (QED) is 0.470. The summed E-state index contributed by atoms with van der Waals surface area (Å²) in [4.78, 5) is 26.7. The molecule has 0 saturated heterocycles. The van der Waals surface area contributed by atoms with Crippen LogP contribution in [0.4, 0.5) is 11.6 Å². The number of pyridine rings is 1. The Morgan fingerprint density at radius 2 is 1.94 bits per heavy atom. The lowest BCUT2D eigenvalue weighted by molar-refractivity contribution is -0.0426. The third kappa shape index (κ3) is 3.30. The summed E-state index contributed by atoms with van der Waals surface area (Å²) < 4.78 is 3.19. The first-order valence-corrected chi connectivity index (χ1v) is 10.2. The van der Waals surface area contributed by atoms with Crippen LogP contribution in [0.2, 0.25) is 0 Å². The summed E-state index contributed by atoms with van der Waals surface area (Å²) in [5.41, 5.74) is 0.750. The van der Waals surface area contributed by atoms with E-state index < -0.39 is 5.60 Å². The maximum Gasteiger partial charge on any atom is 0.278 e. The molecule has 0 amide bonds. The van der Waals surface area contributed by atoms with E-state index in [1.165, 1.54) is 10.9 Å². The molecule has 0 unspecified atom stereocenters. The molecular weight excluding hydrogens is 392 g/mol. The van der Waals surface area contributed by atoms with Crippen molar-refractivity contribution in [3.8, 4) is 5.82 Å². The van der Waals surface area contributed by atoms with Crippen molar-refractivity contribution in [2.75, 3.05) is 5.32 Å². The molecule has 0 bridgehead atoms. The first-order valence-electron chi connectivity index (χ1n) is 10.2. The number of nitrogens with zero attached hydrogens (tertiary/aromatic N) is 5. The first-order chi connectivity index (χ1) is 15.1. The fourth-order valence-electron chi connectivity index (χ4n) is 3.83. The number of benzene rings is 1. The van der Waals surface area contributed by atoms with Gasteiger partial charge in [0.25, 0.3) is 5.56 Å². The van der Waals surface area contributed by atoms with Crippen LogP contribution < -0.4 is 10.9 Å². The predicted molar refractivity (Wildman–Crippen MR) is 119 cm³/mol. The Morgan fingerprint density at radius 3 is 2.65 bits per heavy atom. The van der Waals surface area contributed by atoms with E-state index in [0.29, 0.717) is 41.3 Å². The highest BCUT2D eigenvalue weighted by atomic mass is 16.3. The van der Waals surface area contributed by atoms with Crippen LogP contribution in [0.3, 0.4) is 0 Å². The molecule has 3 heterocycles. The Morgan fingerprint density at radius 1 is 1.13 bits per heavy atom. The minimum atomic E-state index is -0.905. The number of aromatic nitrogens is 5. The molecule has 1 saturated carbocycles. The fraction of sp³-hybridized carbons (Fsp3) is 0.217. The summed E-state index contributed by atoms with van der Waals surface area (Å²) >= 11 is 0. The summed E-state index contributed by atoms with van der Waals surface area (Å²) in [7, 11) is 0. The number of fused-ring (bicyclic) bond motifs is 1. The van der Waals surface area contributed by atoms with Crippen LogP contribution in [0.5, 0.6) is 0 Å². The normalized spacial score (nSPS) is 14.9. The van der Waals surface area contributed by atoms with Crippen LogP contribution in [-0.4, -0.2) is 29.4 Å². The molecule has 1 aliphatic rings. The van der Waals surface area contributed by atoms with Crippen molar-refractivity contribution in [1.29, 1.82) is 0 Å². The van der Waals surface area contributed by atoms with Gasteiger partial charge in [-0.15, -0.1) is 6.58 Å². The number of allylic oxidation sites excluding steroid dienone is 1. The van der Waals surface area contributed by atoms with E-state index in [1.807, 2.05) is 42.5 Å². The largest absolute Gasteiger partial charge is 0.384 e. The molecule has 1 fully saturated rings. The summed E-state index contributed by atoms with van der Waals surface area (Å²) in [6.45, 7) is 4.06. The lowest BCUT2D eigenvalue weighted by Gasteiger charge is -2.36. The minimum absolute atomic E-state index is 0.226. The second-order valence-corrected chi connectivity index (χ2v) is 7.68. The topological polar surface area (TPSA) is 97.9 Å². The number of anilines is 2. The van der Waals surface area contributed by atoms with Crippen molar-refractivity contribution in [2.24, 2.45) is 0 Å². The number of para-hydroxylation sites is 1. The zero-order valence-corrected chi connectivity index (χ0v) is 16.9. The highest BCUT2D eigenvalue weighted by molar-refractivity contribution is 5.77. The molecule has 3 aromatic heterocycles. The summed E-state index contributed by atoms with van der Waals surface area (Å²) in [5.74, 6) is 0.883. The Hall–Kier alpha value is -3.78. The molecule has 4 aromatic rings. The van der Waals surface area contributed by atoms with Crippen molar-refractivity contribution in [3.05, 3.63) is 83.4 Å². The van der Waals surface area contributed by atoms with E-state index in [1.54, 1.807) is 16.8 Å². The van der Waals surface area contributed by atoms with E-state index in [9.17, 15) is 9.90 Å². The van der Waals surface area contributed by atoms with Crippen molar-refractivity contribution < 1.29 is 5.11 Å². The van der Waals surface area contributed by atoms with Gasteiger partial charge in [-0.2, -0.15) is 4.98 Å². The van der Waals surface area contributed by atoms with Gasteiger partial charge < -0.3 is 10.4 Å². The molecule has 8 nitrogen and oxygen atoms in total. The zero-order chi connectivity index (χ0) is 21.4. The monoisotopic (exact) mass is 414 g/mol. The number of aliphatic hydroxyl groups is 1. The fourth-order valence-corrected chi connectivity index (χ4v) is 3.83. The van der Waals surface area contributed by atoms with Gasteiger partial charge >= 0.3 is 0 Å². The number of nitrogens with one attached hydrogen (secondary N) is 1. The standard InChI is InChI=1S/C23H22N6O2/c1-2-14-28-21(30)17-15-24-22(25-16-8-4-3-5-9-16)27-20(17)29(28)19-11-6-10-18(26-19)23(31)12-7-13-23/h2-6,8-11,15,31H,1,7,12-14H2,(H,24,25,27). The Kier molecular flexibility index (Phi) is 4.63. The number of rotatable bonds is 6. The first kappa shape index (κ1) is 19.2. The molecule has 0 spiro atoms. The third-order valence-corrected chi connectivity index (χ3v) is 5.62. The molecule has 0 radical (unpaired) electrons. The molecule has 1 aromatic carbocycles. The highest BCUT2D eigenvalue weighted by Gasteiger charge is 2.37. The third-order valence-electron chi connectivity index (χ3n) is 5.62. The van der Waals surface area contributed by atoms with Crippen LogP contribution in [0.15, 0.2) is 72.2 Å². The van der Waals surface area contributed by atoms with Gasteiger partial charge in [-0.3, -0.25) is 4.79 Å². The molecule has 5 rings (SSSR count). The van der Waals surface area contributed by atoms with Crippen molar-refractivity contribution in [2.45, 2.75) is 31.4 Å². The minimum Gasteiger partial charge on any atom is -0.384 e. The lowest BCUT2D eigenvalue weighted by Crippen LogP contribution is -2.35. The Balaban J connectivity index is 1.67. The van der Waals surface area contributed by atoms with E-state index in [4.69, 9.17) is 4.98 Å². The molecule has 1 aliphatic carbocycles. The Bertz CT molecular complexity index is 1320. The van der Waals surface area contributed by atoms with E-state index in [0.717, 1.165) is 12.1 Å². The Labute approximate surface area is 178 Å². The molecule has 0 aliphatic heterocycles. The zero-order valence-electron chi connectivity index (χ0n) is 16.9.